The molecular weight excluding hydrogens is 442 g/mol. The van der Waals surface area contributed by atoms with Crippen LogP contribution in [0.25, 0.3) is 10.9 Å². The number of aryl methyl sites for hydroxylation is 1. The summed E-state index contributed by atoms with van der Waals surface area (Å²) in [6.45, 7) is 6.22. The number of amidine groups is 1. The van der Waals surface area contributed by atoms with Gasteiger partial charge in [0.15, 0.2) is 0 Å². The molecule has 0 atom stereocenters. The van der Waals surface area contributed by atoms with Crippen molar-refractivity contribution in [2.75, 3.05) is 23.4 Å². The van der Waals surface area contributed by atoms with Gasteiger partial charge in [-0.15, -0.1) is 12.4 Å². The van der Waals surface area contributed by atoms with Crippen LogP contribution in [-0.2, 0) is 14.3 Å². The van der Waals surface area contributed by atoms with Crippen molar-refractivity contribution in [3.05, 3.63) is 59.7 Å². The summed E-state index contributed by atoms with van der Waals surface area (Å²) in [6, 6.07) is 14.8. The Balaban J connectivity index is 0.00000385. The first kappa shape index (κ1) is 25.6. The highest BCUT2D eigenvalue weighted by molar-refractivity contribution is 6.04. The Morgan fingerprint density at radius 3 is 2.42 bits per heavy atom. The maximum Gasteiger partial charge on any atom is 0.315 e. The molecule has 3 aromatic rings. The number of fused-ring (bicyclic) bond motifs is 1. The zero-order valence-electron chi connectivity index (χ0n) is 18.8. The maximum atomic E-state index is 12.6. The quantitative estimate of drug-likeness (QED) is 0.196. The van der Waals surface area contributed by atoms with Crippen molar-refractivity contribution < 1.29 is 14.3 Å². The van der Waals surface area contributed by atoms with Crippen LogP contribution >= 0.6 is 12.4 Å². The molecule has 174 valence electrons. The van der Waals surface area contributed by atoms with Crippen LogP contribution in [0.15, 0.2) is 48.5 Å². The first-order chi connectivity index (χ1) is 15.3. The Morgan fingerprint density at radius 1 is 1.12 bits per heavy atom. The molecule has 4 N–H and O–H groups in total. The van der Waals surface area contributed by atoms with Gasteiger partial charge in [-0.3, -0.25) is 15.0 Å². The van der Waals surface area contributed by atoms with Gasteiger partial charge in [-0.1, -0.05) is 6.07 Å². The van der Waals surface area contributed by atoms with Gasteiger partial charge in [0.2, 0.25) is 5.91 Å². The molecule has 0 fully saturated rings. The summed E-state index contributed by atoms with van der Waals surface area (Å²) >= 11 is 0. The van der Waals surface area contributed by atoms with Gasteiger partial charge in [0.05, 0.1) is 12.1 Å². The number of carbonyl (C=O) groups excluding carboxylic acids is 2. The average molecular weight is 470 g/mol. The van der Waals surface area contributed by atoms with Gasteiger partial charge in [0.25, 0.3) is 0 Å². The zero-order chi connectivity index (χ0) is 23.3. The number of pyridine rings is 1. The van der Waals surface area contributed by atoms with Crippen LogP contribution in [0.5, 0.6) is 0 Å². The summed E-state index contributed by atoms with van der Waals surface area (Å²) in [7, 11) is 0. The lowest BCUT2D eigenvalue weighted by molar-refractivity contribution is -0.145. The molecule has 0 aliphatic carbocycles. The highest BCUT2D eigenvalue weighted by Crippen LogP contribution is 2.27. The van der Waals surface area contributed by atoms with Crippen LogP contribution in [0.3, 0.4) is 0 Å². The second-order valence-electron chi connectivity index (χ2n) is 7.26. The Hall–Kier alpha value is -3.65. The van der Waals surface area contributed by atoms with Crippen molar-refractivity contribution in [1.82, 2.24) is 4.98 Å². The van der Waals surface area contributed by atoms with E-state index in [9.17, 15) is 9.59 Å². The number of benzene rings is 2. The molecule has 0 unspecified atom stereocenters. The predicted molar refractivity (Wildman–Crippen MR) is 134 cm³/mol. The molecule has 33 heavy (non-hydrogen) atoms. The van der Waals surface area contributed by atoms with Crippen LogP contribution in [-0.4, -0.2) is 35.8 Å². The molecule has 0 aliphatic heterocycles. The van der Waals surface area contributed by atoms with E-state index in [4.69, 9.17) is 20.9 Å². The van der Waals surface area contributed by atoms with Crippen molar-refractivity contribution in [3.63, 3.8) is 0 Å². The van der Waals surface area contributed by atoms with Gasteiger partial charge in [-0.05, 0) is 68.8 Å². The fourth-order valence-corrected chi connectivity index (χ4v) is 3.44. The Kier molecular flexibility index (Phi) is 8.76. The number of halogens is 1. The lowest BCUT2D eigenvalue weighted by Crippen LogP contribution is -2.32. The number of ether oxygens (including phenoxy) is 1. The minimum absolute atomic E-state index is 0. The number of nitrogens with zero attached hydrogens (tertiary/aromatic N) is 2. The first-order valence-corrected chi connectivity index (χ1v) is 10.4. The van der Waals surface area contributed by atoms with Gasteiger partial charge < -0.3 is 20.7 Å². The molecule has 0 radical (unpaired) electrons. The molecular formula is C24H28ClN5O3. The number of amides is 1. The lowest BCUT2D eigenvalue weighted by atomic mass is 10.1. The molecule has 1 aromatic heterocycles. The minimum Gasteiger partial charge on any atom is -0.466 e. The standard InChI is InChI=1S/C24H27N5O3.ClH/c1-4-29(22(30)14-23(31)32-5-2)18-10-11-19-15(3)12-21(28-20(19)13-18)27-17-8-6-16(7-9-17)24(25)26;/h6-13H,4-5,14H2,1-3H3,(H3,25,26)(H,27,28);1H. The number of esters is 1. The van der Waals surface area contributed by atoms with Gasteiger partial charge >= 0.3 is 5.97 Å². The molecule has 2 aromatic carbocycles. The third-order valence-electron chi connectivity index (χ3n) is 5.00. The maximum absolute atomic E-state index is 12.6. The molecule has 0 bridgehead atoms. The zero-order valence-corrected chi connectivity index (χ0v) is 19.7. The molecule has 0 aliphatic rings. The van der Waals surface area contributed by atoms with Gasteiger partial charge in [0.1, 0.15) is 18.1 Å². The number of nitrogens with two attached hydrogens (primary N) is 1. The molecule has 0 saturated heterocycles. The van der Waals surface area contributed by atoms with E-state index in [1.807, 2.05) is 50.2 Å². The summed E-state index contributed by atoms with van der Waals surface area (Å²) in [4.78, 5) is 30.6. The Labute approximate surface area is 199 Å². The molecule has 8 nitrogen and oxygen atoms in total. The molecule has 1 amide bonds. The Bertz CT molecular complexity index is 1160. The third kappa shape index (κ3) is 6.20. The first-order valence-electron chi connectivity index (χ1n) is 10.4. The van der Waals surface area contributed by atoms with Crippen LogP contribution < -0.4 is 16.0 Å². The second-order valence-corrected chi connectivity index (χ2v) is 7.26. The van der Waals surface area contributed by atoms with E-state index in [0.717, 1.165) is 22.2 Å². The molecule has 3 rings (SSSR count). The summed E-state index contributed by atoms with van der Waals surface area (Å²) in [5.41, 5.74) is 9.41. The number of rotatable bonds is 8. The Morgan fingerprint density at radius 2 is 1.82 bits per heavy atom. The monoisotopic (exact) mass is 469 g/mol. The van der Waals surface area contributed by atoms with E-state index in [-0.39, 0.29) is 37.2 Å². The van der Waals surface area contributed by atoms with E-state index in [2.05, 4.69) is 5.32 Å². The van der Waals surface area contributed by atoms with Crippen molar-refractivity contribution in [3.8, 4) is 0 Å². The summed E-state index contributed by atoms with van der Waals surface area (Å²) in [6.07, 6.45) is -0.302. The number of nitrogen functional groups attached to an aromatic ring is 1. The third-order valence-corrected chi connectivity index (χ3v) is 5.00. The molecule has 1 heterocycles. The SMILES string of the molecule is CCOC(=O)CC(=O)N(CC)c1ccc2c(C)cc(Nc3ccc(C(=N)N)cc3)nc2c1.Cl. The number of carbonyl (C=O) groups is 2. The van der Waals surface area contributed by atoms with Crippen LogP contribution in [0.4, 0.5) is 17.2 Å². The van der Waals surface area contributed by atoms with Crippen LogP contribution in [0.1, 0.15) is 31.4 Å². The van der Waals surface area contributed by atoms with Crippen LogP contribution in [0, 0.1) is 12.3 Å². The number of hydrogen-bond acceptors (Lipinski definition) is 6. The normalized spacial score (nSPS) is 10.3. The number of hydrogen-bond donors (Lipinski definition) is 3. The predicted octanol–water partition coefficient (Wildman–Crippen LogP) is 4.30. The van der Waals surface area contributed by atoms with Crippen molar-refractivity contribution >= 4 is 58.2 Å². The van der Waals surface area contributed by atoms with E-state index in [1.54, 1.807) is 24.0 Å². The summed E-state index contributed by atoms with van der Waals surface area (Å²) in [5, 5.41) is 11.7. The summed E-state index contributed by atoms with van der Waals surface area (Å²) < 4.78 is 4.90. The number of nitrogens with one attached hydrogen (secondary N) is 2. The smallest absolute Gasteiger partial charge is 0.315 e. The van der Waals surface area contributed by atoms with Crippen molar-refractivity contribution in [1.29, 1.82) is 5.41 Å². The van der Waals surface area contributed by atoms with Crippen molar-refractivity contribution in [2.24, 2.45) is 5.73 Å². The summed E-state index contributed by atoms with van der Waals surface area (Å²) in [5.74, 6) is -0.180. The average Bonchev–Trinajstić information content (AvgIpc) is 2.74. The highest BCUT2D eigenvalue weighted by atomic mass is 35.5. The molecule has 9 heteroatoms. The minimum atomic E-state index is -0.534. The van der Waals surface area contributed by atoms with Gasteiger partial charge in [-0.2, -0.15) is 0 Å². The lowest BCUT2D eigenvalue weighted by Gasteiger charge is -2.21. The van der Waals surface area contributed by atoms with Gasteiger partial charge in [-0.25, -0.2) is 4.98 Å². The molecule has 0 saturated carbocycles. The van der Waals surface area contributed by atoms with E-state index in [1.165, 1.54) is 0 Å². The number of aromatic nitrogens is 1. The van der Waals surface area contributed by atoms with Crippen molar-refractivity contribution in [2.45, 2.75) is 27.2 Å². The van der Waals surface area contributed by atoms with E-state index in [0.29, 0.717) is 23.6 Å². The van der Waals surface area contributed by atoms with Crippen LogP contribution in [0.2, 0.25) is 0 Å². The molecule has 0 spiro atoms. The van der Waals surface area contributed by atoms with E-state index < -0.39 is 5.97 Å². The van der Waals surface area contributed by atoms with E-state index >= 15 is 0 Å². The topological polar surface area (TPSA) is 121 Å². The fourth-order valence-electron chi connectivity index (χ4n) is 3.44. The second kappa shape index (κ2) is 11.3. The largest absolute Gasteiger partial charge is 0.466 e. The van der Waals surface area contributed by atoms with Gasteiger partial charge in [0, 0.05) is 28.9 Å². The highest BCUT2D eigenvalue weighted by Gasteiger charge is 2.19. The number of anilines is 3. The fraction of sp³-hybridized carbons (Fsp3) is 0.250.